The van der Waals surface area contributed by atoms with Gasteiger partial charge in [0, 0.05) is 26.2 Å². The molecule has 1 aromatic rings. The van der Waals surface area contributed by atoms with Crippen molar-refractivity contribution in [3.05, 3.63) is 29.8 Å². The Bertz CT molecular complexity index is 807. The normalized spacial score (nSPS) is 23.6. The first-order chi connectivity index (χ1) is 13.3. The standard InChI is InChI=1S/C19H26N2O6S/c1-14-11-20(12-15(2)27-14)18(22)13-26-19(23)16-5-7-17(8-6-16)28(24,25)21-9-3-4-10-21/h5-8,14-15H,3-4,9-13H2,1-2H3/t14-,15-/m0/s1. The van der Waals surface area contributed by atoms with E-state index in [2.05, 4.69) is 0 Å². The van der Waals surface area contributed by atoms with Gasteiger partial charge in [-0.1, -0.05) is 0 Å². The Balaban J connectivity index is 1.57. The third-order valence-electron chi connectivity index (χ3n) is 4.89. The van der Waals surface area contributed by atoms with E-state index in [9.17, 15) is 18.0 Å². The van der Waals surface area contributed by atoms with E-state index in [0.29, 0.717) is 26.2 Å². The Hall–Kier alpha value is -1.97. The molecule has 0 spiro atoms. The summed E-state index contributed by atoms with van der Waals surface area (Å²) in [5.41, 5.74) is 0.205. The number of ether oxygens (including phenoxy) is 2. The summed E-state index contributed by atoms with van der Waals surface area (Å²) in [6, 6.07) is 5.62. The Labute approximate surface area is 165 Å². The van der Waals surface area contributed by atoms with Crippen LogP contribution in [-0.2, 0) is 24.3 Å². The molecule has 2 atom stereocenters. The smallest absolute Gasteiger partial charge is 0.338 e. The van der Waals surface area contributed by atoms with E-state index in [0.717, 1.165) is 12.8 Å². The lowest BCUT2D eigenvalue weighted by Crippen LogP contribution is -2.49. The number of benzene rings is 1. The van der Waals surface area contributed by atoms with Crippen molar-refractivity contribution in [3.8, 4) is 0 Å². The number of hydrogen-bond acceptors (Lipinski definition) is 6. The fraction of sp³-hybridized carbons (Fsp3) is 0.579. The van der Waals surface area contributed by atoms with Crippen molar-refractivity contribution < 1.29 is 27.5 Å². The number of nitrogens with zero attached hydrogens (tertiary/aromatic N) is 2. The summed E-state index contributed by atoms with van der Waals surface area (Å²) in [5, 5.41) is 0. The predicted octanol–water partition coefficient (Wildman–Crippen LogP) is 1.26. The number of rotatable bonds is 5. The fourth-order valence-electron chi connectivity index (χ4n) is 3.52. The zero-order valence-electron chi connectivity index (χ0n) is 16.2. The van der Waals surface area contributed by atoms with E-state index >= 15 is 0 Å². The third kappa shape index (κ3) is 4.71. The number of esters is 1. The van der Waals surface area contributed by atoms with E-state index < -0.39 is 16.0 Å². The Kier molecular flexibility index (Phi) is 6.36. The quantitative estimate of drug-likeness (QED) is 0.679. The van der Waals surface area contributed by atoms with Crippen molar-refractivity contribution in [1.82, 2.24) is 9.21 Å². The lowest BCUT2D eigenvalue weighted by atomic mass is 10.2. The number of morpholine rings is 1. The first-order valence-corrected chi connectivity index (χ1v) is 10.9. The summed E-state index contributed by atoms with van der Waals surface area (Å²) in [5.74, 6) is -0.934. The van der Waals surface area contributed by atoms with Crippen LogP contribution in [0.3, 0.4) is 0 Å². The van der Waals surface area contributed by atoms with Gasteiger partial charge in [0.2, 0.25) is 10.0 Å². The largest absolute Gasteiger partial charge is 0.452 e. The second-order valence-corrected chi connectivity index (χ2v) is 9.21. The van der Waals surface area contributed by atoms with E-state index in [1.165, 1.54) is 28.6 Å². The van der Waals surface area contributed by atoms with Crippen molar-refractivity contribution in [2.24, 2.45) is 0 Å². The molecule has 1 aromatic carbocycles. The summed E-state index contributed by atoms with van der Waals surface area (Å²) >= 11 is 0. The minimum atomic E-state index is -3.52. The van der Waals surface area contributed by atoms with Crippen LogP contribution >= 0.6 is 0 Å². The monoisotopic (exact) mass is 410 g/mol. The molecule has 0 unspecified atom stereocenters. The topological polar surface area (TPSA) is 93.2 Å². The molecule has 28 heavy (non-hydrogen) atoms. The molecule has 0 saturated carbocycles. The summed E-state index contributed by atoms with van der Waals surface area (Å²) in [6.45, 7) is 5.39. The van der Waals surface area contributed by atoms with Crippen molar-refractivity contribution in [2.45, 2.75) is 43.8 Å². The fourth-order valence-corrected chi connectivity index (χ4v) is 5.04. The SMILES string of the molecule is C[C@H]1CN(C(=O)COC(=O)c2ccc(S(=O)(=O)N3CCCC3)cc2)C[C@H](C)O1. The number of hydrogen-bond donors (Lipinski definition) is 0. The van der Waals surface area contributed by atoms with Crippen LogP contribution < -0.4 is 0 Å². The molecule has 0 aromatic heterocycles. The maximum absolute atomic E-state index is 12.5. The van der Waals surface area contributed by atoms with Crippen LogP contribution in [0.4, 0.5) is 0 Å². The minimum absolute atomic E-state index is 0.0616. The molecule has 0 aliphatic carbocycles. The van der Waals surface area contributed by atoms with Gasteiger partial charge in [-0.25, -0.2) is 13.2 Å². The van der Waals surface area contributed by atoms with Crippen LogP contribution in [0.15, 0.2) is 29.2 Å². The van der Waals surface area contributed by atoms with Gasteiger partial charge in [-0.2, -0.15) is 4.31 Å². The van der Waals surface area contributed by atoms with Gasteiger partial charge < -0.3 is 14.4 Å². The van der Waals surface area contributed by atoms with E-state index in [-0.39, 0.29) is 35.2 Å². The number of sulfonamides is 1. The molecule has 2 aliphatic rings. The lowest BCUT2D eigenvalue weighted by molar-refractivity contribution is -0.146. The minimum Gasteiger partial charge on any atom is -0.452 e. The van der Waals surface area contributed by atoms with Gasteiger partial charge in [0.05, 0.1) is 22.7 Å². The molecule has 0 bridgehead atoms. The number of carbonyl (C=O) groups excluding carboxylic acids is 2. The maximum Gasteiger partial charge on any atom is 0.338 e. The highest BCUT2D eigenvalue weighted by Gasteiger charge is 2.28. The van der Waals surface area contributed by atoms with Gasteiger partial charge in [0.15, 0.2) is 6.61 Å². The average Bonchev–Trinajstić information content (AvgIpc) is 3.21. The van der Waals surface area contributed by atoms with Gasteiger partial charge >= 0.3 is 5.97 Å². The van der Waals surface area contributed by atoms with Crippen LogP contribution in [0.2, 0.25) is 0 Å². The van der Waals surface area contributed by atoms with Crippen LogP contribution in [0.5, 0.6) is 0 Å². The number of amides is 1. The van der Waals surface area contributed by atoms with Crippen LogP contribution in [0, 0.1) is 0 Å². The molecule has 154 valence electrons. The Morgan fingerprint density at radius 3 is 2.21 bits per heavy atom. The Morgan fingerprint density at radius 2 is 1.64 bits per heavy atom. The number of carbonyl (C=O) groups is 2. The molecule has 0 N–H and O–H groups in total. The van der Waals surface area contributed by atoms with E-state index in [1.807, 2.05) is 13.8 Å². The molecule has 2 aliphatic heterocycles. The van der Waals surface area contributed by atoms with E-state index in [1.54, 1.807) is 4.90 Å². The molecule has 2 saturated heterocycles. The van der Waals surface area contributed by atoms with Gasteiger partial charge in [-0.3, -0.25) is 4.79 Å². The first-order valence-electron chi connectivity index (χ1n) is 9.48. The van der Waals surface area contributed by atoms with Gasteiger partial charge in [0.25, 0.3) is 5.91 Å². The van der Waals surface area contributed by atoms with Gasteiger partial charge in [0.1, 0.15) is 0 Å². The summed E-state index contributed by atoms with van der Waals surface area (Å²) in [4.78, 5) is 26.2. The lowest BCUT2D eigenvalue weighted by Gasteiger charge is -2.35. The van der Waals surface area contributed by atoms with Crippen molar-refractivity contribution in [1.29, 1.82) is 0 Å². The summed E-state index contributed by atoms with van der Waals surface area (Å²) in [6.07, 6.45) is 1.60. The average molecular weight is 410 g/mol. The highest BCUT2D eigenvalue weighted by Crippen LogP contribution is 2.21. The van der Waals surface area contributed by atoms with Gasteiger partial charge in [-0.05, 0) is 51.0 Å². The molecule has 1 amide bonds. The molecule has 2 fully saturated rings. The molecule has 8 nitrogen and oxygen atoms in total. The predicted molar refractivity (Wildman–Crippen MR) is 101 cm³/mol. The molecule has 2 heterocycles. The highest BCUT2D eigenvalue weighted by molar-refractivity contribution is 7.89. The highest BCUT2D eigenvalue weighted by atomic mass is 32.2. The zero-order chi connectivity index (χ0) is 20.3. The molecule has 3 rings (SSSR count). The molecular formula is C19H26N2O6S. The molecule has 9 heteroatoms. The van der Waals surface area contributed by atoms with Crippen molar-refractivity contribution in [2.75, 3.05) is 32.8 Å². The third-order valence-corrected chi connectivity index (χ3v) is 6.80. The Morgan fingerprint density at radius 1 is 1.07 bits per heavy atom. The molecular weight excluding hydrogens is 384 g/mol. The first kappa shape index (κ1) is 20.8. The summed E-state index contributed by atoms with van der Waals surface area (Å²) < 4.78 is 37.2. The second kappa shape index (κ2) is 8.59. The van der Waals surface area contributed by atoms with Crippen LogP contribution in [-0.4, -0.2) is 74.5 Å². The van der Waals surface area contributed by atoms with Crippen LogP contribution in [0.25, 0.3) is 0 Å². The van der Waals surface area contributed by atoms with Crippen LogP contribution in [0.1, 0.15) is 37.0 Å². The van der Waals surface area contributed by atoms with Crippen molar-refractivity contribution in [3.63, 3.8) is 0 Å². The zero-order valence-corrected chi connectivity index (χ0v) is 17.0. The van der Waals surface area contributed by atoms with Gasteiger partial charge in [-0.15, -0.1) is 0 Å². The second-order valence-electron chi connectivity index (χ2n) is 7.27. The molecule has 0 radical (unpaired) electrons. The van der Waals surface area contributed by atoms with E-state index in [4.69, 9.17) is 9.47 Å². The summed E-state index contributed by atoms with van der Waals surface area (Å²) in [7, 11) is -3.52. The maximum atomic E-state index is 12.5. The van der Waals surface area contributed by atoms with Crippen molar-refractivity contribution >= 4 is 21.9 Å².